The number of rotatable bonds is 4. The largest absolute Gasteiger partial charge is 0.395 e. The molecule has 0 spiro atoms. The number of aromatic nitrogens is 1. The van der Waals surface area contributed by atoms with E-state index in [1.165, 1.54) is 11.0 Å². The third kappa shape index (κ3) is 2.72. The maximum atomic E-state index is 12.4. The minimum atomic E-state index is -0.281. The quantitative estimate of drug-likeness (QED) is 0.884. The van der Waals surface area contributed by atoms with E-state index < -0.39 is 0 Å². The summed E-state index contributed by atoms with van der Waals surface area (Å²) in [4.78, 5) is 28.9. The van der Waals surface area contributed by atoms with Crippen molar-refractivity contribution in [3.63, 3.8) is 0 Å². The highest BCUT2D eigenvalue weighted by molar-refractivity contribution is 5.95. The van der Waals surface area contributed by atoms with Crippen molar-refractivity contribution in [1.29, 1.82) is 0 Å². The number of aromatic amines is 1. The van der Waals surface area contributed by atoms with Crippen LogP contribution in [0, 0.1) is 0 Å². The van der Waals surface area contributed by atoms with Gasteiger partial charge < -0.3 is 15.0 Å². The van der Waals surface area contributed by atoms with Gasteiger partial charge in [0.2, 0.25) is 0 Å². The summed E-state index contributed by atoms with van der Waals surface area (Å²) in [6.45, 7) is 3.87. The number of H-pyrrole nitrogens is 1. The fraction of sp³-hybridized carbons (Fsp3) is 0.333. The maximum Gasteiger partial charge on any atom is 0.270 e. The standard InChI is InChI=1S/C15H18N2O3/c1-10(2)17(7-8-18)15(20)13-9-14(19)11-5-3-4-6-12(11)16-13/h3-6,9-10,18H,7-8H2,1-2H3,(H,16,19). The van der Waals surface area contributed by atoms with Crippen LogP contribution >= 0.6 is 0 Å². The lowest BCUT2D eigenvalue weighted by Crippen LogP contribution is -2.39. The summed E-state index contributed by atoms with van der Waals surface area (Å²) >= 11 is 0. The third-order valence-electron chi connectivity index (χ3n) is 3.19. The molecule has 0 saturated carbocycles. The number of fused-ring (bicyclic) bond motifs is 1. The Morgan fingerprint density at radius 1 is 1.35 bits per heavy atom. The van der Waals surface area contributed by atoms with Crippen molar-refractivity contribution in [3.05, 3.63) is 46.2 Å². The average Bonchev–Trinajstić information content (AvgIpc) is 2.43. The summed E-state index contributed by atoms with van der Waals surface area (Å²) < 4.78 is 0. The molecular weight excluding hydrogens is 256 g/mol. The highest BCUT2D eigenvalue weighted by atomic mass is 16.3. The third-order valence-corrected chi connectivity index (χ3v) is 3.19. The first kappa shape index (κ1) is 14.3. The van der Waals surface area contributed by atoms with Crippen molar-refractivity contribution in [2.45, 2.75) is 19.9 Å². The first-order valence-electron chi connectivity index (χ1n) is 6.58. The van der Waals surface area contributed by atoms with E-state index in [2.05, 4.69) is 4.98 Å². The topological polar surface area (TPSA) is 73.4 Å². The maximum absolute atomic E-state index is 12.4. The summed E-state index contributed by atoms with van der Waals surface area (Å²) in [6.07, 6.45) is 0. The molecular formula is C15H18N2O3. The van der Waals surface area contributed by atoms with Gasteiger partial charge in [0, 0.05) is 29.6 Å². The summed E-state index contributed by atoms with van der Waals surface area (Å²) in [5.74, 6) is -0.281. The van der Waals surface area contributed by atoms with Gasteiger partial charge in [-0.1, -0.05) is 12.1 Å². The number of hydrogen-bond acceptors (Lipinski definition) is 3. The molecule has 106 valence electrons. The van der Waals surface area contributed by atoms with Crippen LogP contribution in [0.3, 0.4) is 0 Å². The van der Waals surface area contributed by atoms with Crippen LogP contribution in [0.4, 0.5) is 0 Å². The Hall–Kier alpha value is -2.14. The van der Waals surface area contributed by atoms with E-state index in [0.29, 0.717) is 10.9 Å². The van der Waals surface area contributed by atoms with Crippen LogP contribution in [-0.2, 0) is 0 Å². The molecule has 1 aromatic carbocycles. The predicted octanol–water partition coefficient (Wildman–Crippen LogP) is 1.37. The number of carbonyl (C=O) groups is 1. The van der Waals surface area contributed by atoms with Gasteiger partial charge in [-0.3, -0.25) is 9.59 Å². The second-order valence-corrected chi connectivity index (χ2v) is 4.91. The van der Waals surface area contributed by atoms with Gasteiger partial charge in [0.05, 0.1) is 6.61 Å². The van der Waals surface area contributed by atoms with E-state index in [1.807, 2.05) is 13.8 Å². The molecule has 0 aliphatic carbocycles. The summed E-state index contributed by atoms with van der Waals surface area (Å²) in [6, 6.07) is 8.34. The molecule has 0 aliphatic rings. The van der Waals surface area contributed by atoms with E-state index in [4.69, 9.17) is 5.11 Å². The minimum absolute atomic E-state index is 0.0513. The van der Waals surface area contributed by atoms with Crippen molar-refractivity contribution in [2.24, 2.45) is 0 Å². The van der Waals surface area contributed by atoms with Crippen LogP contribution in [0.5, 0.6) is 0 Å². The van der Waals surface area contributed by atoms with Crippen molar-refractivity contribution in [3.8, 4) is 0 Å². The molecule has 1 aromatic heterocycles. The molecule has 0 unspecified atom stereocenters. The number of nitrogens with zero attached hydrogens (tertiary/aromatic N) is 1. The number of carbonyl (C=O) groups excluding carboxylic acids is 1. The molecule has 0 bridgehead atoms. The smallest absolute Gasteiger partial charge is 0.270 e. The lowest BCUT2D eigenvalue weighted by molar-refractivity contribution is 0.0659. The Balaban J connectivity index is 2.47. The normalized spacial score (nSPS) is 11.0. The zero-order chi connectivity index (χ0) is 14.7. The highest BCUT2D eigenvalue weighted by Gasteiger charge is 2.19. The lowest BCUT2D eigenvalue weighted by atomic mass is 10.1. The number of pyridine rings is 1. The van der Waals surface area contributed by atoms with E-state index in [9.17, 15) is 9.59 Å². The van der Waals surface area contributed by atoms with Gasteiger partial charge in [-0.25, -0.2) is 0 Å². The molecule has 0 radical (unpaired) electrons. The highest BCUT2D eigenvalue weighted by Crippen LogP contribution is 2.10. The van der Waals surface area contributed by atoms with Gasteiger partial charge in [-0.15, -0.1) is 0 Å². The fourth-order valence-electron chi connectivity index (χ4n) is 2.17. The van der Waals surface area contributed by atoms with Crippen LogP contribution in [-0.4, -0.2) is 40.1 Å². The predicted molar refractivity (Wildman–Crippen MR) is 77.8 cm³/mol. The van der Waals surface area contributed by atoms with Gasteiger partial charge in [-0.2, -0.15) is 0 Å². The first-order valence-corrected chi connectivity index (χ1v) is 6.58. The van der Waals surface area contributed by atoms with Crippen molar-refractivity contribution >= 4 is 16.8 Å². The van der Waals surface area contributed by atoms with Crippen molar-refractivity contribution in [1.82, 2.24) is 9.88 Å². The zero-order valence-corrected chi connectivity index (χ0v) is 11.6. The summed E-state index contributed by atoms with van der Waals surface area (Å²) in [5.41, 5.74) is 0.697. The molecule has 1 heterocycles. The molecule has 0 fully saturated rings. The SMILES string of the molecule is CC(C)N(CCO)C(=O)c1cc(=O)c2ccccc2[nH]1. The van der Waals surface area contributed by atoms with Crippen molar-refractivity contribution in [2.75, 3.05) is 13.2 Å². The van der Waals surface area contributed by atoms with Gasteiger partial charge in [-0.05, 0) is 26.0 Å². The zero-order valence-electron chi connectivity index (χ0n) is 11.6. The second kappa shape index (κ2) is 5.88. The number of aliphatic hydroxyl groups excluding tert-OH is 1. The van der Waals surface area contributed by atoms with E-state index >= 15 is 0 Å². The summed E-state index contributed by atoms with van der Waals surface area (Å²) in [5, 5.41) is 9.60. The van der Waals surface area contributed by atoms with Gasteiger partial charge in [0.1, 0.15) is 5.69 Å². The van der Waals surface area contributed by atoms with E-state index in [1.54, 1.807) is 24.3 Å². The molecule has 0 aliphatic heterocycles. The molecule has 2 rings (SSSR count). The molecule has 2 N–H and O–H groups in total. The minimum Gasteiger partial charge on any atom is -0.395 e. The Labute approximate surface area is 116 Å². The lowest BCUT2D eigenvalue weighted by Gasteiger charge is -2.25. The molecule has 0 atom stereocenters. The van der Waals surface area contributed by atoms with Crippen LogP contribution in [0.1, 0.15) is 24.3 Å². The molecule has 5 heteroatoms. The number of benzene rings is 1. The van der Waals surface area contributed by atoms with Crippen LogP contribution in [0.2, 0.25) is 0 Å². The second-order valence-electron chi connectivity index (χ2n) is 4.91. The molecule has 1 amide bonds. The average molecular weight is 274 g/mol. The fourth-order valence-corrected chi connectivity index (χ4v) is 2.17. The monoisotopic (exact) mass is 274 g/mol. The van der Waals surface area contributed by atoms with Crippen LogP contribution < -0.4 is 5.43 Å². The first-order chi connectivity index (χ1) is 9.54. The number of aliphatic hydroxyl groups is 1. The van der Waals surface area contributed by atoms with Crippen LogP contribution in [0.15, 0.2) is 35.1 Å². The number of amides is 1. The molecule has 2 aromatic rings. The van der Waals surface area contributed by atoms with E-state index in [0.717, 1.165) is 0 Å². The number of para-hydroxylation sites is 1. The Kier molecular flexibility index (Phi) is 4.20. The summed E-state index contributed by atoms with van der Waals surface area (Å²) in [7, 11) is 0. The number of hydrogen-bond donors (Lipinski definition) is 2. The molecule has 0 saturated heterocycles. The van der Waals surface area contributed by atoms with Gasteiger partial charge in [0.15, 0.2) is 5.43 Å². The Bertz CT molecular complexity index is 676. The Morgan fingerprint density at radius 3 is 2.70 bits per heavy atom. The molecule has 5 nitrogen and oxygen atoms in total. The number of nitrogens with one attached hydrogen (secondary N) is 1. The van der Waals surface area contributed by atoms with E-state index in [-0.39, 0.29) is 36.2 Å². The van der Waals surface area contributed by atoms with Gasteiger partial charge in [0.25, 0.3) is 5.91 Å². The van der Waals surface area contributed by atoms with Crippen molar-refractivity contribution < 1.29 is 9.90 Å². The van der Waals surface area contributed by atoms with Gasteiger partial charge >= 0.3 is 0 Å². The molecule has 20 heavy (non-hydrogen) atoms. The Morgan fingerprint density at radius 2 is 2.05 bits per heavy atom. The van der Waals surface area contributed by atoms with Crippen LogP contribution in [0.25, 0.3) is 10.9 Å².